The van der Waals surface area contributed by atoms with E-state index in [2.05, 4.69) is 17.4 Å². The van der Waals surface area contributed by atoms with Gasteiger partial charge in [0.25, 0.3) is 0 Å². The van der Waals surface area contributed by atoms with Crippen molar-refractivity contribution in [3.63, 3.8) is 0 Å². The number of rotatable bonds is 6. The smallest absolute Gasteiger partial charge is 0.322 e. The van der Waals surface area contributed by atoms with Gasteiger partial charge >= 0.3 is 5.97 Å². The van der Waals surface area contributed by atoms with E-state index < -0.39 is 0 Å². The first-order chi connectivity index (χ1) is 7.77. The van der Waals surface area contributed by atoms with Crippen LogP contribution in [0.4, 0.5) is 0 Å². The summed E-state index contributed by atoms with van der Waals surface area (Å²) in [5, 5.41) is 2.95. The highest BCUT2D eigenvalue weighted by Gasteiger charge is 2.15. The second-order valence-electron chi connectivity index (χ2n) is 3.31. The minimum absolute atomic E-state index is 0.198. The summed E-state index contributed by atoms with van der Waals surface area (Å²) >= 11 is 1.74. The largest absolute Gasteiger partial charge is 0.468 e. The highest BCUT2D eigenvalue weighted by atomic mass is 32.2. The Balaban J connectivity index is 2.31. The van der Waals surface area contributed by atoms with Crippen molar-refractivity contribution < 1.29 is 9.53 Å². The number of esters is 1. The lowest BCUT2D eigenvalue weighted by atomic mass is 10.2. The van der Waals surface area contributed by atoms with E-state index in [1.54, 1.807) is 18.8 Å². The summed E-state index contributed by atoms with van der Waals surface area (Å²) < 4.78 is 4.70. The summed E-state index contributed by atoms with van der Waals surface area (Å²) in [6.45, 7) is 0. The number of methoxy groups -OCH3 is 1. The van der Waals surface area contributed by atoms with Gasteiger partial charge in [0.2, 0.25) is 0 Å². The Morgan fingerprint density at radius 2 is 2.12 bits per heavy atom. The molecule has 0 radical (unpaired) electrons. The Morgan fingerprint density at radius 1 is 1.44 bits per heavy atom. The average Bonchev–Trinajstić information content (AvgIpc) is 2.35. The molecule has 1 rings (SSSR count). The van der Waals surface area contributed by atoms with Crippen LogP contribution in [0.3, 0.4) is 0 Å². The summed E-state index contributed by atoms with van der Waals surface area (Å²) in [6, 6.07) is 9.95. The van der Waals surface area contributed by atoms with Gasteiger partial charge in [-0.15, -0.1) is 11.8 Å². The highest BCUT2D eigenvalue weighted by molar-refractivity contribution is 7.99. The van der Waals surface area contributed by atoms with E-state index in [9.17, 15) is 4.79 Å². The first-order valence-electron chi connectivity index (χ1n) is 5.21. The Kier molecular flexibility index (Phi) is 5.96. The average molecular weight is 239 g/mol. The van der Waals surface area contributed by atoms with E-state index in [-0.39, 0.29) is 12.0 Å². The number of thioether (sulfide) groups is 1. The van der Waals surface area contributed by atoms with Gasteiger partial charge in [-0.05, 0) is 25.6 Å². The van der Waals surface area contributed by atoms with Crippen LogP contribution in [0.1, 0.15) is 6.42 Å². The molecule has 0 aromatic heterocycles. The van der Waals surface area contributed by atoms with E-state index in [0.29, 0.717) is 0 Å². The molecule has 1 unspecified atom stereocenters. The molecule has 1 aromatic carbocycles. The van der Waals surface area contributed by atoms with Crippen molar-refractivity contribution in [2.24, 2.45) is 0 Å². The SMILES string of the molecule is CNC(CCSc1ccccc1)C(=O)OC. The molecule has 4 heteroatoms. The maximum absolute atomic E-state index is 11.3. The molecule has 88 valence electrons. The number of likely N-dealkylation sites (N-methyl/N-ethyl adjacent to an activating group) is 1. The quantitative estimate of drug-likeness (QED) is 0.608. The predicted molar refractivity (Wildman–Crippen MR) is 66.6 cm³/mol. The molecule has 0 spiro atoms. The van der Waals surface area contributed by atoms with Crippen LogP contribution >= 0.6 is 11.8 Å². The first-order valence-corrected chi connectivity index (χ1v) is 6.19. The van der Waals surface area contributed by atoms with Gasteiger partial charge in [0.15, 0.2) is 0 Å². The Bertz CT molecular complexity index is 316. The zero-order valence-corrected chi connectivity index (χ0v) is 10.4. The van der Waals surface area contributed by atoms with E-state index in [4.69, 9.17) is 4.74 Å². The zero-order valence-electron chi connectivity index (χ0n) is 9.60. The van der Waals surface area contributed by atoms with Gasteiger partial charge in [0.1, 0.15) is 6.04 Å². The van der Waals surface area contributed by atoms with E-state index in [0.717, 1.165) is 12.2 Å². The van der Waals surface area contributed by atoms with Gasteiger partial charge in [-0.2, -0.15) is 0 Å². The Hall–Kier alpha value is -1.00. The molecule has 16 heavy (non-hydrogen) atoms. The van der Waals surface area contributed by atoms with Crippen LogP contribution in [0, 0.1) is 0 Å². The number of hydrogen-bond donors (Lipinski definition) is 1. The van der Waals surface area contributed by atoms with Crippen LogP contribution in [0.15, 0.2) is 35.2 Å². The molecular formula is C12H17NO2S. The Labute approximate surface area is 101 Å². The number of ether oxygens (including phenoxy) is 1. The molecule has 0 bridgehead atoms. The van der Waals surface area contributed by atoms with E-state index >= 15 is 0 Å². The van der Waals surface area contributed by atoms with Gasteiger partial charge in [-0.3, -0.25) is 4.79 Å². The predicted octanol–water partition coefficient (Wildman–Crippen LogP) is 1.93. The minimum Gasteiger partial charge on any atom is -0.468 e. The van der Waals surface area contributed by atoms with Crippen molar-refractivity contribution in [2.45, 2.75) is 17.4 Å². The normalized spacial score (nSPS) is 12.1. The van der Waals surface area contributed by atoms with Gasteiger partial charge in [0.05, 0.1) is 7.11 Å². The molecule has 3 nitrogen and oxygen atoms in total. The maximum atomic E-state index is 11.3. The van der Waals surface area contributed by atoms with Crippen LogP contribution in [-0.4, -0.2) is 31.9 Å². The fraction of sp³-hybridized carbons (Fsp3) is 0.417. The molecule has 0 saturated carbocycles. The summed E-state index contributed by atoms with van der Waals surface area (Å²) in [5.74, 6) is 0.695. The third-order valence-corrected chi connectivity index (χ3v) is 3.30. The zero-order chi connectivity index (χ0) is 11.8. The molecule has 1 atom stereocenters. The Morgan fingerprint density at radius 3 is 2.69 bits per heavy atom. The molecule has 0 aliphatic carbocycles. The van der Waals surface area contributed by atoms with Crippen molar-refractivity contribution >= 4 is 17.7 Å². The van der Waals surface area contributed by atoms with Gasteiger partial charge in [0, 0.05) is 10.6 Å². The first kappa shape index (κ1) is 13.1. The molecule has 0 aliphatic rings. The highest BCUT2D eigenvalue weighted by Crippen LogP contribution is 2.18. The molecular weight excluding hydrogens is 222 g/mol. The summed E-state index contributed by atoms with van der Waals surface area (Å²) in [4.78, 5) is 12.5. The van der Waals surface area contributed by atoms with Crippen molar-refractivity contribution in [2.75, 3.05) is 19.9 Å². The molecule has 0 aliphatic heterocycles. The second-order valence-corrected chi connectivity index (χ2v) is 4.48. The monoisotopic (exact) mass is 239 g/mol. The second kappa shape index (κ2) is 7.30. The third kappa shape index (κ3) is 4.24. The van der Waals surface area contributed by atoms with Crippen molar-refractivity contribution in [1.82, 2.24) is 5.32 Å². The fourth-order valence-electron chi connectivity index (χ4n) is 1.33. The van der Waals surface area contributed by atoms with Crippen LogP contribution < -0.4 is 5.32 Å². The molecule has 0 saturated heterocycles. The van der Waals surface area contributed by atoms with Gasteiger partial charge in [-0.25, -0.2) is 0 Å². The van der Waals surface area contributed by atoms with Crippen molar-refractivity contribution in [3.8, 4) is 0 Å². The topological polar surface area (TPSA) is 38.3 Å². The van der Waals surface area contributed by atoms with E-state index in [1.165, 1.54) is 12.0 Å². The molecule has 1 aromatic rings. The number of carbonyl (C=O) groups excluding carboxylic acids is 1. The number of nitrogens with one attached hydrogen (secondary N) is 1. The minimum atomic E-state index is -0.207. The van der Waals surface area contributed by atoms with Crippen molar-refractivity contribution in [3.05, 3.63) is 30.3 Å². The van der Waals surface area contributed by atoms with Crippen LogP contribution in [0.25, 0.3) is 0 Å². The summed E-state index contributed by atoms with van der Waals surface area (Å²) in [6.07, 6.45) is 0.767. The summed E-state index contributed by atoms with van der Waals surface area (Å²) in [7, 11) is 3.19. The lowest BCUT2D eigenvalue weighted by Crippen LogP contribution is -2.35. The van der Waals surface area contributed by atoms with Gasteiger partial charge < -0.3 is 10.1 Å². The van der Waals surface area contributed by atoms with Crippen LogP contribution in [0.5, 0.6) is 0 Å². The van der Waals surface area contributed by atoms with E-state index in [1.807, 2.05) is 18.2 Å². The van der Waals surface area contributed by atoms with Crippen LogP contribution in [0.2, 0.25) is 0 Å². The molecule has 0 amide bonds. The lowest BCUT2D eigenvalue weighted by Gasteiger charge is -2.12. The number of hydrogen-bond acceptors (Lipinski definition) is 4. The maximum Gasteiger partial charge on any atom is 0.322 e. The van der Waals surface area contributed by atoms with Crippen molar-refractivity contribution in [1.29, 1.82) is 0 Å². The molecule has 0 fully saturated rings. The number of carbonyl (C=O) groups is 1. The third-order valence-electron chi connectivity index (χ3n) is 2.25. The number of benzene rings is 1. The molecule has 0 heterocycles. The summed E-state index contributed by atoms with van der Waals surface area (Å²) in [5.41, 5.74) is 0. The fourth-order valence-corrected chi connectivity index (χ4v) is 2.27. The van der Waals surface area contributed by atoms with Crippen LogP contribution in [-0.2, 0) is 9.53 Å². The molecule has 1 N–H and O–H groups in total. The van der Waals surface area contributed by atoms with Gasteiger partial charge in [-0.1, -0.05) is 18.2 Å². The lowest BCUT2D eigenvalue weighted by molar-refractivity contribution is -0.143. The standard InChI is InChI=1S/C12H17NO2S/c1-13-11(12(14)15-2)8-9-16-10-6-4-3-5-7-10/h3-7,11,13H,8-9H2,1-2H3.